The second kappa shape index (κ2) is 6.94. The molecule has 0 saturated heterocycles. The molecule has 0 saturated carbocycles. The number of benzene rings is 1. The van der Waals surface area contributed by atoms with Crippen molar-refractivity contribution < 1.29 is 0 Å². The lowest BCUT2D eigenvalue weighted by atomic mass is 10.2. The summed E-state index contributed by atoms with van der Waals surface area (Å²) < 4.78 is 2.32. The SMILES string of the molecule is Cc1cnc2n1CCN(Cc1ccccc1)C2.Cl.Cl. The summed E-state index contributed by atoms with van der Waals surface area (Å²) in [6.07, 6.45) is 1.97. The second-order valence-electron chi connectivity index (χ2n) is 4.66. The van der Waals surface area contributed by atoms with Crippen LogP contribution in [-0.2, 0) is 19.6 Å². The first-order valence-corrected chi connectivity index (χ1v) is 6.10. The van der Waals surface area contributed by atoms with E-state index in [2.05, 4.69) is 51.7 Å². The Kier molecular flexibility index (Phi) is 5.85. The summed E-state index contributed by atoms with van der Waals surface area (Å²) in [5, 5.41) is 0. The topological polar surface area (TPSA) is 21.1 Å². The Balaban J connectivity index is 0.000000902. The Bertz CT molecular complexity index is 511. The zero-order valence-electron chi connectivity index (χ0n) is 11.0. The fourth-order valence-corrected chi connectivity index (χ4v) is 2.44. The van der Waals surface area contributed by atoms with Gasteiger partial charge in [0.15, 0.2) is 0 Å². The molecule has 5 heteroatoms. The van der Waals surface area contributed by atoms with E-state index >= 15 is 0 Å². The molecule has 0 spiro atoms. The molecule has 1 aliphatic rings. The molecule has 3 nitrogen and oxygen atoms in total. The summed E-state index contributed by atoms with van der Waals surface area (Å²) in [4.78, 5) is 6.92. The third-order valence-electron chi connectivity index (χ3n) is 3.39. The molecule has 104 valence electrons. The van der Waals surface area contributed by atoms with Gasteiger partial charge >= 0.3 is 0 Å². The van der Waals surface area contributed by atoms with Gasteiger partial charge in [-0.25, -0.2) is 4.98 Å². The molecule has 0 amide bonds. The molecule has 0 N–H and O–H groups in total. The summed E-state index contributed by atoms with van der Waals surface area (Å²) >= 11 is 0. The lowest BCUT2D eigenvalue weighted by molar-refractivity contribution is 0.208. The van der Waals surface area contributed by atoms with Crippen LogP contribution in [0.4, 0.5) is 0 Å². The fourth-order valence-electron chi connectivity index (χ4n) is 2.44. The van der Waals surface area contributed by atoms with Crippen molar-refractivity contribution in [3.05, 3.63) is 53.6 Å². The smallest absolute Gasteiger partial charge is 0.123 e. The molecule has 0 fully saturated rings. The van der Waals surface area contributed by atoms with Gasteiger partial charge in [0.1, 0.15) is 5.82 Å². The molecule has 19 heavy (non-hydrogen) atoms. The Morgan fingerprint density at radius 2 is 1.84 bits per heavy atom. The van der Waals surface area contributed by atoms with Crippen molar-refractivity contribution in [3.8, 4) is 0 Å². The van der Waals surface area contributed by atoms with Crippen LogP contribution in [0.3, 0.4) is 0 Å². The van der Waals surface area contributed by atoms with Gasteiger partial charge in [-0.3, -0.25) is 4.90 Å². The van der Waals surface area contributed by atoms with Gasteiger partial charge in [0, 0.05) is 31.5 Å². The molecule has 0 radical (unpaired) electrons. The first-order chi connectivity index (χ1) is 8.33. The van der Waals surface area contributed by atoms with Gasteiger partial charge in [-0.15, -0.1) is 24.8 Å². The molecule has 0 unspecified atom stereocenters. The minimum absolute atomic E-state index is 0. The van der Waals surface area contributed by atoms with Crippen molar-refractivity contribution in [1.82, 2.24) is 14.5 Å². The maximum Gasteiger partial charge on any atom is 0.123 e. The van der Waals surface area contributed by atoms with Crippen molar-refractivity contribution >= 4 is 24.8 Å². The van der Waals surface area contributed by atoms with E-state index in [0.717, 1.165) is 26.2 Å². The maximum atomic E-state index is 4.47. The molecule has 3 rings (SSSR count). The van der Waals surface area contributed by atoms with E-state index in [1.165, 1.54) is 17.1 Å². The molecular weight excluding hydrogens is 281 g/mol. The number of halogens is 2. The number of aryl methyl sites for hydroxylation is 1. The van der Waals surface area contributed by atoms with Crippen molar-refractivity contribution in [2.24, 2.45) is 0 Å². The van der Waals surface area contributed by atoms with Crippen LogP contribution in [0.25, 0.3) is 0 Å². The van der Waals surface area contributed by atoms with Gasteiger partial charge in [-0.05, 0) is 12.5 Å². The van der Waals surface area contributed by atoms with Crippen LogP contribution in [0.15, 0.2) is 36.5 Å². The minimum atomic E-state index is 0. The van der Waals surface area contributed by atoms with Crippen LogP contribution >= 0.6 is 24.8 Å². The number of hydrogen-bond acceptors (Lipinski definition) is 2. The molecular formula is C14H19Cl2N3. The molecule has 0 bridgehead atoms. The van der Waals surface area contributed by atoms with Crippen LogP contribution in [-0.4, -0.2) is 21.0 Å². The van der Waals surface area contributed by atoms with E-state index < -0.39 is 0 Å². The van der Waals surface area contributed by atoms with Gasteiger partial charge in [0.05, 0.1) is 6.54 Å². The molecule has 2 aromatic rings. The van der Waals surface area contributed by atoms with Crippen LogP contribution in [0.1, 0.15) is 17.1 Å². The van der Waals surface area contributed by atoms with Gasteiger partial charge < -0.3 is 4.57 Å². The lowest BCUT2D eigenvalue weighted by Crippen LogP contribution is -2.33. The van der Waals surface area contributed by atoms with Crippen LogP contribution in [0.2, 0.25) is 0 Å². The molecule has 1 aromatic carbocycles. The van der Waals surface area contributed by atoms with E-state index in [9.17, 15) is 0 Å². The van der Waals surface area contributed by atoms with Gasteiger partial charge in [-0.1, -0.05) is 30.3 Å². The second-order valence-corrected chi connectivity index (χ2v) is 4.66. The van der Waals surface area contributed by atoms with E-state index in [-0.39, 0.29) is 24.8 Å². The zero-order chi connectivity index (χ0) is 11.7. The minimum Gasteiger partial charge on any atom is -0.330 e. The van der Waals surface area contributed by atoms with E-state index in [1.54, 1.807) is 0 Å². The van der Waals surface area contributed by atoms with Crippen molar-refractivity contribution in [1.29, 1.82) is 0 Å². The quantitative estimate of drug-likeness (QED) is 0.850. The standard InChI is InChI=1S/C14H17N3.2ClH/c1-12-9-15-14-11-16(7-8-17(12)14)10-13-5-3-2-4-6-13;;/h2-6,9H,7-8,10-11H2,1H3;2*1H. The molecule has 0 aliphatic carbocycles. The highest BCUT2D eigenvalue weighted by molar-refractivity contribution is 5.85. The van der Waals surface area contributed by atoms with Crippen molar-refractivity contribution in [2.45, 2.75) is 26.6 Å². The highest BCUT2D eigenvalue weighted by Gasteiger charge is 2.18. The normalized spacial score (nSPS) is 14.2. The Morgan fingerprint density at radius 1 is 1.11 bits per heavy atom. The van der Waals surface area contributed by atoms with Gasteiger partial charge in [0.2, 0.25) is 0 Å². The predicted octanol–water partition coefficient (Wildman–Crippen LogP) is 3.05. The highest BCUT2D eigenvalue weighted by atomic mass is 35.5. The largest absolute Gasteiger partial charge is 0.330 e. The first-order valence-electron chi connectivity index (χ1n) is 6.10. The van der Waals surface area contributed by atoms with E-state index in [0.29, 0.717) is 0 Å². The number of aromatic nitrogens is 2. The van der Waals surface area contributed by atoms with Gasteiger partial charge in [-0.2, -0.15) is 0 Å². The maximum absolute atomic E-state index is 4.47. The zero-order valence-corrected chi connectivity index (χ0v) is 12.6. The van der Waals surface area contributed by atoms with E-state index in [1.807, 2.05) is 6.20 Å². The Morgan fingerprint density at radius 3 is 2.58 bits per heavy atom. The number of fused-ring (bicyclic) bond motifs is 1. The molecule has 1 aromatic heterocycles. The molecule has 0 atom stereocenters. The predicted molar refractivity (Wildman–Crippen MR) is 82.0 cm³/mol. The number of rotatable bonds is 2. The summed E-state index contributed by atoms with van der Waals surface area (Å²) in [6.45, 7) is 6.28. The average molecular weight is 300 g/mol. The summed E-state index contributed by atoms with van der Waals surface area (Å²) in [5.41, 5.74) is 2.66. The number of hydrogen-bond donors (Lipinski definition) is 0. The summed E-state index contributed by atoms with van der Waals surface area (Å²) in [5.74, 6) is 1.20. The fraction of sp³-hybridized carbons (Fsp3) is 0.357. The molecule has 1 aliphatic heterocycles. The number of nitrogens with zero attached hydrogens (tertiary/aromatic N) is 3. The van der Waals surface area contributed by atoms with E-state index in [4.69, 9.17) is 0 Å². The highest BCUT2D eigenvalue weighted by Crippen LogP contribution is 2.15. The lowest BCUT2D eigenvalue weighted by Gasteiger charge is -2.28. The monoisotopic (exact) mass is 299 g/mol. The Labute approximate surface area is 126 Å². The van der Waals surface area contributed by atoms with Crippen LogP contribution in [0.5, 0.6) is 0 Å². The molecule has 2 heterocycles. The van der Waals surface area contributed by atoms with Crippen molar-refractivity contribution in [2.75, 3.05) is 6.54 Å². The van der Waals surface area contributed by atoms with Gasteiger partial charge in [0.25, 0.3) is 0 Å². The summed E-state index contributed by atoms with van der Waals surface area (Å²) in [6, 6.07) is 10.6. The summed E-state index contributed by atoms with van der Waals surface area (Å²) in [7, 11) is 0. The van der Waals surface area contributed by atoms with Crippen LogP contribution in [0, 0.1) is 6.92 Å². The average Bonchev–Trinajstić information content (AvgIpc) is 2.72. The third kappa shape index (κ3) is 3.50. The van der Waals surface area contributed by atoms with Crippen molar-refractivity contribution in [3.63, 3.8) is 0 Å². The number of imidazole rings is 1. The first kappa shape index (κ1) is 16.0. The van der Waals surface area contributed by atoms with Crippen LogP contribution < -0.4 is 0 Å². The third-order valence-corrected chi connectivity index (χ3v) is 3.39. The Hall–Kier alpha value is -1.03.